The molecule has 0 unspecified atom stereocenters. The monoisotopic (exact) mass is 168 g/mol. The van der Waals surface area contributed by atoms with E-state index in [0.717, 1.165) is 17.1 Å². The summed E-state index contributed by atoms with van der Waals surface area (Å²) in [7, 11) is 0. The van der Waals surface area contributed by atoms with E-state index in [-0.39, 0.29) is 0 Å². The molecular weight excluding hydrogens is 160 g/mol. The number of aromatic nitrogens is 1. The topological polar surface area (TPSA) is 42.3 Å². The van der Waals surface area contributed by atoms with Crippen molar-refractivity contribution < 1.29 is 4.79 Å². The van der Waals surface area contributed by atoms with Crippen molar-refractivity contribution in [1.29, 1.82) is 0 Å². The Morgan fingerprint density at radius 1 is 1.82 bits per heavy atom. The van der Waals surface area contributed by atoms with E-state index in [9.17, 15) is 4.79 Å². The van der Waals surface area contributed by atoms with Gasteiger partial charge in [-0.3, -0.25) is 0 Å². The summed E-state index contributed by atoms with van der Waals surface area (Å²) in [5.74, 6) is 0. The summed E-state index contributed by atoms with van der Waals surface area (Å²) in [6.07, 6.45) is 2.42. The van der Waals surface area contributed by atoms with E-state index in [2.05, 4.69) is 9.98 Å². The van der Waals surface area contributed by atoms with Gasteiger partial charge in [0.15, 0.2) is 0 Å². The van der Waals surface area contributed by atoms with Crippen LogP contribution in [0.2, 0.25) is 0 Å². The second-order valence-corrected chi connectivity index (χ2v) is 2.94. The van der Waals surface area contributed by atoms with Crippen LogP contribution in [0.25, 0.3) is 0 Å². The van der Waals surface area contributed by atoms with E-state index in [0.29, 0.717) is 6.54 Å². The first-order chi connectivity index (χ1) is 5.36. The summed E-state index contributed by atoms with van der Waals surface area (Å²) in [6.45, 7) is 2.41. The average molecular weight is 168 g/mol. The first-order valence-corrected chi connectivity index (χ1v) is 4.21. The van der Waals surface area contributed by atoms with Gasteiger partial charge in [0, 0.05) is 5.38 Å². The van der Waals surface area contributed by atoms with Crippen LogP contribution in [-0.2, 0) is 17.8 Å². The molecule has 0 spiro atoms. The Kier molecular flexibility index (Phi) is 2.95. The molecule has 0 bridgehead atoms. The fraction of sp³-hybridized carbons (Fsp3) is 0.429. The smallest absolute Gasteiger partial charge is 0.235 e. The quantitative estimate of drug-likeness (QED) is 0.507. The molecule has 0 radical (unpaired) electrons. The lowest BCUT2D eigenvalue weighted by molar-refractivity contribution is 0.562. The average Bonchev–Trinajstić information content (AvgIpc) is 2.48. The van der Waals surface area contributed by atoms with Crippen LogP contribution in [0.3, 0.4) is 0 Å². The van der Waals surface area contributed by atoms with Gasteiger partial charge in [-0.25, -0.2) is 9.78 Å². The van der Waals surface area contributed by atoms with Gasteiger partial charge in [-0.05, 0) is 6.42 Å². The fourth-order valence-corrected chi connectivity index (χ4v) is 1.43. The van der Waals surface area contributed by atoms with Crippen LogP contribution in [0, 0.1) is 0 Å². The third kappa shape index (κ3) is 2.26. The van der Waals surface area contributed by atoms with Crippen LogP contribution >= 0.6 is 11.3 Å². The van der Waals surface area contributed by atoms with Gasteiger partial charge in [0.2, 0.25) is 6.08 Å². The number of carbonyl (C=O) groups excluding carboxylic acids is 1. The number of isocyanates is 1. The maximum atomic E-state index is 9.74. The molecule has 0 atom stereocenters. The van der Waals surface area contributed by atoms with Crippen molar-refractivity contribution in [3.8, 4) is 0 Å². The van der Waals surface area contributed by atoms with Gasteiger partial charge in [0.05, 0.1) is 17.2 Å². The molecule has 0 aliphatic rings. The molecule has 0 fully saturated rings. The highest BCUT2D eigenvalue weighted by Crippen LogP contribution is 2.10. The van der Waals surface area contributed by atoms with E-state index in [4.69, 9.17) is 0 Å². The minimum absolute atomic E-state index is 0.361. The summed E-state index contributed by atoms with van der Waals surface area (Å²) >= 11 is 1.60. The molecule has 1 heterocycles. The highest BCUT2D eigenvalue weighted by atomic mass is 32.1. The van der Waals surface area contributed by atoms with Gasteiger partial charge < -0.3 is 0 Å². The lowest BCUT2D eigenvalue weighted by Crippen LogP contribution is -1.82. The normalized spacial score (nSPS) is 9.18. The van der Waals surface area contributed by atoms with Crippen LogP contribution in [-0.4, -0.2) is 11.1 Å². The van der Waals surface area contributed by atoms with Crippen molar-refractivity contribution >= 4 is 17.4 Å². The zero-order chi connectivity index (χ0) is 8.10. The number of hydrogen-bond donors (Lipinski definition) is 0. The zero-order valence-corrected chi connectivity index (χ0v) is 7.02. The van der Waals surface area contributed by atoms with Crippen LogP contribution in [0.15, 0.2) is 10.4 Å². The van der Waals surface area contributed by atoms with Crippen LogP contribution in [0.1, 0.15) is 17.6 Å². The first-order valence-electron chi connectivity index (χ1n) is 3.33. The van der Waals surface area contributed by atoms with Gasteiger partial charge in [-0.1, -0.05) is 6.92 Å². The van der Waals surface area contributed by atoms with Gasteiger partial charge in [-0.2, -0.15) is 4.99 Å². The number of thiazole rings is 1. The van der Waals surface area contributed by atoms with Crippen molar-refractivity contribution in [2.75, 3.05) is 0 Å². The lowest BCUT2D eigenvalue weighted by atomic mass is 10.5. The largest absolute Gasteiger partial charge is 0.244 e. The number of rotatable bonds is 3. The Morgan fingerprint density at radius 3 is 3.18 bits per heavy atom. The molecule has 1 rings (SSSR count). The molecule has 0 aromatic carbocycles. The van der Waals surface area contributed by atoms with E-state index >= 15 is 0 Å². The molecule has 4 heteroatoms. The number of aryl methyl sites for hydroxylation is 1. The van der Waals surface area contributed by atoms with Crippen molar-refractivity contribution in [3.05, 3.63) is 16.1 Å². The first kappa shape index (κ1) is 8.11. The molecule has 0 N–H and O–H groups in total. The minimum atomic E-state index is 0.361. The Morgan fingerprint density at radius 2 is 2.64 bits per heavy atom. The molecule has 0 aliphatic carbocycles. The third-order valence-electron chi connectivity index (χ3n) is 1.21. The molecule has 3 nitrogen and oxygen atoms in total. The van der Waals surface area contributed by atoms with Gasteiger partial charge >= 0.3 is 0 Å². The molecule has 1 aromatic heterocycles. The van der Waals surface area contributed by atoms with E-state index < -0.39 is 0 Å². The number of nitrogens with zero attached hydrogens (tertiary/aromatic N) is 2. The molecule has 0 amide bonds. The Balaban J connectivity index is 2.64. The molecule has 0 saturated heterocycles. The highest BCUT2D eigenvalue weighted by molar-refractivity contribution is 7.09. The molecule has 0 saturated carbocycles. The van der Waals surface area contributed by atoms with Gasteiger partial charge in [0.1, 0.15) is 0 Å². The van der Waals surface area contributed by atoms with Crippen molar-refractivity contribution in [1.82, 2.24) is 4.98 Å². The van der Waals surface area contributed by atoms with Crippen LogP contribution < -0.4 is 0 Å². The van der Waals surface area contributed by atoms with Crippen molar-refractivity contribution in [2.24, 2.45) is 4.99 Å². The zero-order valence-electron chi connectivity index (χ0n) is 6.20. The Labute approximate surface area is 68.8 Å². The minimum Gasteiger partial charge on any atom is -0.244 e. The molecular formula is C7H8N2OS. The van der Waals surface area contributed by atoms with E-state index in [1.165, 1.54) is 6.08 Å². The van der Waals surface area contributed by atoms with Crippen LogP contribution in [0.5, 0.6) is 0 Å². The predicted octanol–water partition coefficient (Wildman–Crippen LogP) is 1.54. The Bertz CT molecular complexity index is 276. The second kappa shape index (κ2) is 4.01. The molecule has 58 valence electrons. The summed E-state index contributed by atoms with van der Waals surface area (Å²) in [5, 5.41) is 3.00. The fourth-order valence-electron chi connectivity index (χ4n) is 0.697. The standard InChI is InChI=1S/C7H8N2OS/c1-2-7-9-6(4-11-7)3-8-5-10/h4H,2-3H2,1H3. The van der Waals surface area contributed by atoms with Gasteiger partial charge in [0.25, 0.3) is 0 Å². The number of aliphatic imine (C=N–C) groups is 1. The van der Waals surface area contributed by atoms with Gasteiger partial charge in [-0.15, -0.1) is 11.3 Å². The van der Waals surface area contributed by atoms with Crippen LogP contribution in [0.4, 0.5) is 0 Å². The maximum Gasteiger partial charge on any atom is 0.235 e. The lowest BCUT2D eigenvalue weighted by Gasteiger charge is -1.83. The maximum absolute atomic E-state index is 9.74. The Hall–Kier alpha value is -0.990. The number of hydrogen-bond acceptors (Lipinski definition) is 4. The van der Waals surface area contributed by atoms with E-state index in [1.807, 2.05) is 12.3 Å². The van der Waals surface area contributed by atoms with Crippen molar-refractivity contribution in [2.45, 2.75) is 19.9 Å². The molecule has 0 aliphatic heterocycles. The predicted molar refractivity (Wildman–Crippen MR) is 43.3 cm³/mol. The summed E-state index contributed by atoms with van der Waals surface area (Å²) in [6, 6.07) is 0. The highest BCUT2D eigenvalue weighted by Gasteiger charge is 1.97. The SMILES string of the molecule is CCc1nc(CN=C=O)cs1. The third-order valence-corrected chi connectivity index (χ3v) is 2.25. The molecule has 1 aromatic rings. The molecule has 11 heavy (non-hydrogen) atoms. The summed E-state index contributed by atoms with van der Waals surface area (Å²) in [5.41, 5.74) is 0.857. The summed E-state index contributed by atoms with van der Waals surface area (Å²) < 4.78 is 0. The summed E-state index contributed by atoms with van der Waals surface area (Å²) in [4.78, 5) is 17.4. The van der Waals surface area contributed by atoms with E-state index in [1.54, 1.807) is 11.3 Å². The van der Waals surface area contributed by atoms with Crippen molar-refractivity contribution in [3.63, 3.8) is 0 Å². The second-order valence-electron chi connectivity index (χ2n) is 1.99.